The summed E-state index contributed by atoms with van der Waals surface area (Å²) in [6, 6.07) is 17.3. The van der Waals surface area contributed by atoms with E-state index in [0.29, 0.717) is 30.1 Å². The lowest BCUT2D eigenvalue weighted by atomic mass is 10.1. The summed E-state index contributed by atoms with van der Waals surface area (Å²) in [5.41, 5.74) is 5.72. The first-order valence-electron chi connectivity index (χ1n) is 15.4. The van der Waals surface area contributed by atoms with Crippen LogP contribution in [0, 0.1) is 6.92 Å². The van der Waals surface area contributed by atoms with E-state index in [-0.39, 0.29) is 12.5 Å². The van der Waals surface area contributed by atoms with Crippen LogP contribution >= 0.6 is 9.24 Å². The molecular weight excluding hydrogens is 601 g/mol. The highest BCUT2D eigenvalue weighted by molar-refractivity contribution is 7.27. The van der Waals surface area contributed by atoms with Gasteiger partial charge in [-0.25, -0.2) is 9.78 Å². The molecule has 2 aromatic carbocycles. The van der Waals surface area contributed by atoms with Crippen molar-refractivity contribution in [2.75, 3.05) is 50.5 Å². The second-order valence-corrected chi connectivity index (χ2v) is 11.9. The second kappa shape index (κ2) is 15.8. The molecule has 1 aliphatic rings. The van der Waals surface area contributed by atoms with Crippen molar-refractivity contribution < 1.29 is 19.1 Å². The van der Waals surface area contributed by atoms with Gasteiger partial charge in [-0.3, -0.25) is 19.6 Å². The number of nitrogens with zero attached hydrogens (tertiary/aromatic N) is 5. The van der Waals surface area contributed by atoms with E-state index < -0.39 is 5.97 Å². The highest BCUT2D eigenvalue weighted by Gasteiger charge is 2.21. The normalized spacial score (nSPS) is 13.7. The lowest BCUT2D eigenvalue weighted by Gasteiger charge is -2.34. The average Bonchev–Trinajstić information content (AvgIpc) is 3.52. The average molecular weight is 644 g/mol. The standard InChI is InChI=1S/C34H42N7O4P/c1-4-41-23-35-18-28(41)19-36-30-17-25(34(43)44-3)9-10-29(30)38-33(42)21-40-14-12-39(13-15-40)20-26-6-5-7-27(37-26)22-45-31-11-8-24(2)16-32(31)46/h5-11,16-18,23,36H,4,12-15,19-22,46H2,1-3H3,(H,38,42). The van der Waals surface area contributed by atoms with Crippen molar-refractivity contribution in [1.29, 1.82) is 0 Å². The number of benzene rings is 2. The number of hydrogen-bond acceptors (Lipinski definition) is 9. The van der Waals surface area contributed by atoms with Gasteiger partial charge in [-0.1, -0.05) is 17.7 Å². The number of amides is 1. The molecule has 1 amide bonds. The van der Waals surface area contributed by atoms with Crippen LogP contribution in [0.3, 0.4) is 0 Å². The largest absolute Gasteiger partial charge is 0.487 e. The zero-order valence-corrected chi connectivity index (χ0v) is 27.8. The van der Waals surface area contributed by atoms with Crippen LogP contribution in [0.5, 0.6) is 5.75 Å². The van der Waals surface area contributed by atoms with E-state index in [1.807, 2.05) is 41.8 Å². The number of hydrogen-bond donors (Lipinski definition) is 2. The fraction of sp³-hybridized carbons (Fsp3) is 0.353. The molecule has 0 aliphatic carbocycles. The van der Waals surface area contributed by atoms with Gasteiger partial charge >= 0.3 is 5.97 Å². The van der Waals surface area contributed by atoms with Crippen LogP contribution in [0.15, 0.2) is 67.1 Å². The summed E-state index contributed by atoms with van der Waals surface area (Å²) in [5, 5.41) is 7.42. The molecule has 1 saturated heterocycles. The third kappa shape index (κ3) is 8.90. The Bertz CT molecular complexity index is 1650. The number of pyridine rings is 1. The number of carbonyl (C=O) groups excluding carboxylic acids is 2. The molecule has 1 atom stereocenters. The summed E-state index contributed by atoms with van der Waals surface area (Å²) in [6.07, 6.45) is 3.58. The molecule has 1 unspecified atom stereocenters. The minimum Gasteiger partial charge on any atom is -0.487 e. The molecule has 0 spiro atoms. The Morgan fingerprint density at radius 1 is 0.978 bits per heavy atom. The van der Waals surface area contributed by atoms with E-state index in [1.165, 1.54) is 12.7 Å². The second-order valence-electron chi connectivity index (χ2n) is 11.3. The van der Waals surface area contributed by atoms with Crippen LogP contribution in [0.25, 0.3) is 0 Å². The summed E-state index contributed by atoms with van der Waals surface area (Å²) in [6.45, 7) is 10.0. The predicted molar refractivity (Wildman–Crippen MR) is 182 cm³/mol. The molecule has 5 rings (SSSR count). The lowest BCUT2D eigenvalue weighted by molar-refractivity contribution is -0.117. The van der Waals surface area contributed by atoms with Crippen molar-refractivity contribution in [3.63, 3.8) is 0 Å². The highest BCUT2D eigenvalue weighted by Crippen LogP contribution is 2.25. The molecule has 2 aromatic heterocycles. The number of ether oxygens (including phenoxy) is 2. The quantitative estimate of drug-likeness (QED) is 0.166. The first kappa shape index (κ1) is 33.1. The molecular formula is C34H42N7O4P. The van der Waals surface area contributed by atoms with Crippen molar-refractivity contribution in [1.82, 2.24) is 24.3 Å². The molecule has 2 N–H and O–H groups in total. The Kier molecular flexibility index (Phi) is 11.4. The van der Waals surface area contributed by atoms with Crippen LogP contribution in [0.4, 0.5) is 11.4 Å². The smallest absolute Gasteiger partial charge is 0.337 e. The Balaban J connectivity index is 1.12. The Hall–Kier alpha value is -4.31. The lowest BCUT2D eigenvalue weighted by Crippen LogP contribution is -2.48. The van der Waals surface area contributed by atoms with E-state index in [9.17, 15) is 9.59 Å². The van der Waals surface area contributed by atoms with Gasteiger partial charge in [0.2, 0.25) is 5.91 Å². The number of anilines is 2. The number of nitrogens with one attached hydrogen (secondary N) is 2. The Labute approximate surface area is 272 Å². The van der Waals surface area contributed by atoms with Crippen LogP contribution in [-0.4, -0.2) is 76.0 Å². The topological polar surface area (TPSA) is 114 Å². The molecule has 0 saturated carbocycles. The molecule has 46 heavy (non-hydrogen) atoms. The van der Waals surface area contributed by atoms with Crippen molar-refractivity contribution in [2.45, 2.75) is 40.1 Å². The van der Waals surface area contributed by atoms with E-state index in [2.05, 4.69) is 47.6 Å². The monoisotopic (exact) mass is 643 g/mol. The van der Waals surface area contributed by atoms with Crippen LogP contribution in [-0.2, 0) is 35.8 Å². The van der Waals surface area contributed by atoms with Gasteiger partial charge < -0.3 is 24.7 Å². The number of rotatable bonds is 13. The first-order chi connectivity index (χ1) is 22.3. The number of imidazole rings is 1. The highest BCUT2D eigenvalue weighted by atomic mass is 31.0. The zero-order valence-electron chi connectivity index (χ0n) is 26.7. The third-order valence-electron chi connectivity index (χ3n) is 7.94. The Morgan fingerprint density at radius 3 is 2.52 bits per heavy atom. The zero-order chi connectivity index (χ0) is 32.5. The fourth-order valence-electron chi connectivity index (χ4n) is 5.39. The van der Waals surface area contributed by atoms with Crippen LogP contribution < -0.4 is 20.7 Å². The minimum atomic E-state index is -0.441. The maximum atomic E-state index is 13.1. The summed E-state index contributed by atoms with van der Waals surface area (Å²) in [5.74, 6) is 0.287. The third-order valence-corrected chi connectivity index (χ3v) is 8.39. The van der Waals surface area contributed by atoms with Gasteiger partial charge in [0, 0.05) is 50.8 Å². The number of piperazine rings is 1. The summed E-state index contributed by atoms with van der Waals surface area (Å²) in [7, 11) is 4.07. The van der Waals surface area contributed by atoms with Gasteiger partial charge in [0.05, 0.1) is 60.5 Å². The van der Waals surface area contributed by atoms with E-state index >= 15 is 0 Å². The predicted octanol–water partition coefficient (Wildman–Crippen LogP) is 3.84. The maximum Gasteiger partial charge on any atom is 0.337 e. The van der Waals surface area contributed by atoms with Gasteiger partial charge in [0.25, 0.3) is 0 Å². The summed E-state index contributed by atoms with van der Waals surface area (Å²) >= 11 is 0. The number of aryl methyl sites for hydroxylation is 2. The van der Waals surface area contributed by atoms with Crippen molar-refractivity contribution in [3.8, 4) is 5.75 Å². The van der Waals surface area contributed by atoms with Gasteiger partial charge in [-0.2, -0.15) is 0 Å². The fourth-order valence-corrected chi connectivity index (χ4v) is 5.83. The number of carbonyl (C=O) groups is 2. The molecule has 3 heterocycles. The van der Waals surface area contributed by atoms with Gasteiger partial charge in [-0.05, 0) is 56.3 Å². The molecule has 11 nitrogen and oxygen atoms in total. The SMILES string of the molecule is CCn1cncc1CNc1cc(C(=O)OC)ccc1NC(=O)CN1CCN(Cc2cccc(COc3ccc(C)cc3P)n2)CC1. The van der Waals surface area contributed by atoms with Gasteiger partial charge in [0.15, 0.2) is 0 Å². The summed E-state index contributed by atoms with van der Waals surface area (Å²) in [4.78, 5) is 38.9. The number of aromatic nitrogens is 3. The molecule has 1 aliphatic heterocycles. The number of esters is 1. The summed E-state index contributed by atoms with van der Waals surface area (Å²) < 4.78 is 12.9. The molecule has 0 bridgehead atoms. The maximum absolute atomic E-state index is 13.1. The van der Waals surface area contributed by atoms with Crippen molar-refractivity contribution >= 4 is 37.8 Å². The van der Waals surface area contributed by atoms with Crippen molar-refractivity contribution in [2.24, 2.45) is 0 Å². The molecule has 12 heteroatoms. The minimum absolute atomic E-state index is 0.113. The molecule has 242 valence electrons. The van der Waals surface area contributed by atoms with Crippen LogP contribution in [0.2, 0.25) is 0 Å². The van der Waals surface area contributed by atoms with E-state index in [0.717, 1.165) is 67.4 Å². The molecule has 4 aromatic rings. The molecule has 1 fully saturated rings. The van der Waals surface area contributed by atoms with Crippen molar-refractivity contribution in [3.05, 3.63) is 95.3 Å². The number of methoxy groups -OCH3 is 1. The van der Waals surface area contributed by atoms with Gasteiger partial charge in [-0.15, -0.1) is 9.24 Å². The van der Waals surface area contributed by atoms with E-state index in [1.54, 1.807) is 30.7 Å². The van der Waals surface area contributed by atoms with Crippen LogP contribution in [0.1, 0.15) is 39.9 Å². The van der Waals surface area contributed by atoms with E-state index in [4.69, 9.17) is 14.5 Å². The Morgan fingerprint density at radius 2 is 1.76 bits per heavy atom. The molecule has 0 radical (unpaired) electrons. The first-order valence-corrected chi connectivity index (χ1v) is 16.0. The van der Waals surface area contributed by atoms with Gasteiger partial charge in [0.1, 0.15) is 12.4 Å².